The lowest BCUT2D eigenvalue weighted by molar-refractivity contribution is -0.132. The van der Waals surface area contributed by atoms with E-state index in [1.165, 1.54) is 35.0 Å². The van der Waals surface area contributed by atoms with Crippen molar-refractivity contribution in [2.75, 3.05) is 39.8 Å². The van der Waals surface area contributed by atoms with Crippen LogP contribution in [-0.2, 0) is 14.8 Å². The predicted octanol–water partition coefficient (Wildman–Crippen LogP) is 2.15. The van der Waals surface area contributed by atoms with E-state index in [1.807, 2.05) is 0 Å². The number of benzene rings is 1. The Morgan fingerprint density at radius 2 is 1.83 bits per heavy atom. The molecule has 3 rings (SSSR count). The molecular weight excluding hydrogens is 441 g/mol. The van der Waals surface area contributed by atoms with Gasteiger partial charge in [-0.25, -0.2) is 12.8 Å². The lowest BCUT2D eigenvalue weighted by Crippen LogP contribution is -2.52. The number of hydrogen-bond donors (Lipinski definition) is 0. The van der Waals surface area contributed by atoms with Crippen LogP contribution >= 0.6 is 22.9 Å². The van der Waals surface area contributed by atoms with E-state index in [2.05, 4.69) is 0 Å². The Hall–Kier alpha value is -2.01. The highest BCUT2D eigenvalue weighted by atomic mass is 35.5. The number of likely N-dealkylation sites (N-methyl/N-ethyl adjacent to an activating group) is 1. The fourth-order valence-corrected chi connectivity index (χ4v) is 5.50. The molecule has 2 heterocycles. The number of thiophene rings is 1. The third-order valence-electron chi connectivity index (χ3n) is 4.60. The van der Waals surface area contributed by atoms with E-state index in [-0.39, 0.29) is 59.3 Å². The Kier molecular flexibility index (Phi) is 6.57. The Balaban J connectivity index is 1.57. The topological polar surface area (TPSA) is 78.0 Å². The highest BCUT2D eigenvalue weighted by Crippen LogP contribution is 2.21. The van der Waals surface area contributed by atoms with Gasteiger partial charge in [-0.1, -0.05) is 17.7 Å². The van der Waals surface area contributed by atoms with Crippen LogP contribution in [0.25, 0.3) is 0 Å². The summed E-state index contributed by atoms with van der Waals surface area (Å²) in [5.41, 5.74) is 0.203. The van der Waals surface area contributed by atoms with Crippen LogP contribution in [0.1, 0.15) is 10.4 Å². The normalized spacial score (nSPS) is 15.0. The van der Waals surface area contributed by atoms with Gasteiger partial charge in [0, 0.05) is 33.2 Å². The zero-order valence-corrected chi connectivity index (χ0v) is 17.9. The Morgan fingerprint density at radius 1 is 1.17 bits per heavy atom. The van der Waals surface area contributed by atoms with Crippen molar-refractivity contribution in [2.45, 2.75) is 4.21 Å². The van der Waals surface area contributed by atoms with Crippen LogP contribution < -0.4 is 0 Å². The van der Waals surface area contributed by atoms with Crippen molar-refractivity contribution in [1.82, 2.24) is 14.1 Å². The Bertz CT molecular complexity index is 1010. The molecule has 29 heavy (non-hydrogen) atoms. The fourth-order valence-electron chi connectivity index (χ4n) is 2.93. The maximum atomic E-state index is 13.2. The summed E-state index contributed by atoms with van der Waals surface area (Å²) in [5, 5.41) is 1.69. The van der Waals surface area contributed by atoms with Gasteiger partial charge < -0.3 is 9.80 Å². The molecule has 0 N–H and O–H groups in total. The molecule has 1 aromatic heterocycles. The minimum atomic E-state index is -3.70. The highest BCUT2D eigenvalue weighted by Gasteiger charge is 2.29. The van der Waals surface area contributed by atoms with Crippen molar-refractivity contribution in [2.24, 2.45) is 0 Å². The summed E-state index contributed by atoms with van der Waals surface area (Å²) in [6.45, 7) is 0.823. The van der Waals surface area contributed by atoms with Gasteiger partial charge in [0.05, 0.1) is 17.1 Å². The second-order valence-electron chi connectivity index (χ2n) is 6.49. The van der Waals surface area contributed by atoms with E-state index >= 15 is 0 Å². The summed E-state index contributed by atoms with van der Waals surface area (Å²) in [7, 11) is -2.34. The van der Waals surface area contributed by atoms with E-state index in [0.717, 1.165) is 21.7 Å². The number of rotatable bonds is 5. The van der Waals surface area contributed by atoms with Crippen molar-refractivity contribution in [1.29, 1.82) is 0 Å². The minimum Gasteiger partial charge on any atom is -0.338 e. The third kappa shape index (κ3) is 4.77. The zero-order chi connectivity index (χ0) is 21.2. The molecule has 2 aromatic rings. The van der Waals surface area contributed by atoms with Crippen LogP contribution in [0.4, 0.5) is 4.39 Å². The quantitative estimate of drug-likeness (QED) is 0.686. The minimum absolute atomic E-state index is 0.0360. The molecule has 1 fully saturated rings. The van der Waals surface area contributed by atoms with Crippen LogP contribution in [-0.4, -0.2) is 74.1 Å². The number of hydrogen-bond acceptors (Lipinski definition) is 5. The molecule has 0 aliphatic carbocycles. The first-order valence-corrected chi connectivity index (χ1v) is 11.4. The molecule has 0 radical (unpaired) electrons. The summed E-state index contributed by atoms with van der Waals surface area (Å²) < 4.78 is 39.3. The zero-order valence-electron chi connectivity index (χ0n) is 15.5. The van der Waals surface area contributed by atoms with Gasteiger partial charge in [0.1, 0.15) is 10.0 Å². The number of carbonyl (C=O) groups is 2. The monoisotopic (exact) mass is 459 g/mol. The van der Waals surface area contributed by atoms with Crippen LogP contribution in [0.2, 0.25) is 5.02 Å². The highest BCUT2D eigenvalue weighted by molar-refractivity contribution is 7.91. The van der Waals surface area contributed by atoms with Gasteiger partial charge in [-0.15, -0.1) is 11.3 Å². The molecule has 2 amide bonds. The Labute approximate surface area is 177 Å². The first-order chi connectivity index (χ1) is 13.7. The van der Waals surface area contributed by atoms with Gasteiger partial charge in [-0.05, 0) is 29.6 Å². The summed E-state index contributed by atoms with van der Waals surface area (Å²) in [4.78, 5) is 28.2. The average molecular weight is 460 g/mol. The molecule has 0 spiro atoms. The lowest BCUT2D eigenvalue weighted by atomic mass is 10.1. The SMILES string of the molecule is CN(CC(=O)N1CCN(C(=O)c2ccc(F)cc2Cl)CC1)S(=O)(=O)c1cccs1. The van der Waals surface area contributed by atoms with Crippen molar-refractivity contribution >= 4 is 44.8 Å². The molecule has 1 aromatic carbocycles. The van der Waals surface area contributed by atoms with Crippen LogP contribution in [0, 0.1) is 5.82 Å². The van der Waals surface area contributed by atoms with Crippen molar-refractivity contribution in [3.05, 3.63) is 52.1 Å². The molecule has 156 valence electrons. The molecule has 1 aliphatic rings. The molecule has 1 aliphatic heterocycles. The number of halogens is 2. The van der Waals surface area contributed by atoms with Gasteiger partial charge in [0.2, 0.25) is 5.91 Å². The molecule has 0 atom stereocenters. The van der Waals surface area contributed by atoms with Crippen molar-refractivity contribution < 1.29 is 22.4 Å². The average Bonchev–Trinajstić information content (AvgIpc) is 3.23. The van der Waals surface area contributed by atoms with Crippen molar-refractivity contribution in [3.8, 4) is 0 Å². The number of carbonyl (C=O) groups excluding carboxylic acids is 2. The molecule has 0 unspecified atom stereocenters. The van der Waals surface area contributed by atoms with Crippen molar-refractivity contribution in [3.63, 3.8) is 0 Å². The smallest absolute Gasteiger partial charge is 0.255 e. The van der Waals surface area contributed by atoms with Gasteiger partial charge in [-0.3, -0.25) is 9.59 Å². The standard InChI is InChI=1S/C18H19ClFN3O4S2/c1-21(29(26,27)17-3-2-10-28-17)12-16(24)22-6-8-23(9-7-22)18(25)14-5-4-13(20)11-15(14)19/h2-5,10-11H,6-9,12H2,1H3. The first-order valence-electron chi connectivity index (χ1n) is 8.72. The predicted molar refractivity (Wildman–Crippen MR) is 108 cm³/mol. The largest absolute Gasteiger partial charge is 0.338 e. The third-order valence-corrected chi connectivity index (χ3v) is 8.09. The first kappa shape index (κ1) is 21.7. The number of sulfonamides is 1. The lowest BCUT2D eigenvalue weighted by Gasteiger charge is -2.35. The van der Waals surface area contributed by atoms with Gasteiger partial charge >= 0.3 is 0 Å². The van der Waals surface area contributed by atoms with Crippen LogP contribution in [0.3, 0.4) is 0 Å². The maximum Gasteiger partial charge on any atom is 0.255 e. The fraction of sp³-hybridized carbons (Fsp3) is 0.333. The van der Waals surface area contributed by atoms with Gasteiger partial charge in [0.15, 0.2) is 0 Å². The van der Waals surface area contributed by atoms with E-state index in [9.17, 15) is 22.4 Å². The molecule has 0 saturated carbocycles. The van der Waals surface area contributed by atoms with E-state index in [0.29, 0.717) is 0 Å². The molecule has 7 nitrogen and oxygen atoms in total. The summed E-state index contributed by atoms with van der Waals surface area (Å²) in [6, 6.07) is 6.71. The van der Waals surface area contributed by atoms with E-state index in [4.69, 9.17) is 11.6 Å². The molecule has 11 heteroatoms. The van der Waals surface area contributed by atoms with E-state index in [1.54, 1.807) is 11.4 Å². The second-order valence-corrected chi connectivity index (χ2v) is 10.1. The van der Waals surface area contributed by atoms with Crippen LogP contribution in [0.5, 0.6) is 0 Å². The van der Waals surface area contributed by atoms with E-state index < -0.39 is 15.8 Å². The summed E-state index contributed by atoms with van der Waals surface area (Å²) >= 11 is 7.04. The molecule has 0 bridgehead atoms. The number of piperazine rings is 1. The maximum absolute atomic E-state index is 13.2. The van der Waals surface area contributed by atoms with Gasteiger partial charge in [0.25, 0.3) is 15.9 Å². The summed E-state index contributed by atoms with van der Waals surface area (Å²) in [5.74, 6) is -1.19. The van der Waals surface area contributed by atoms with Gasteiger partial charge in [-0.2, -0.15) is 4.31 Å². The number of nitrogens with zero attached hydrogens (tertiary/aromatic N) is 3. The molecule has 1 saturated heterocycles. The van der Waals surface area contributed by atoms with Crippen LogP contribution in [0.15, 0.2) is 39.9 Å². The second kappa shape index (κ2) is 8.78. The Morgan fingerprint density at radius 3 is 2.41 bits per heavy atom. The summed E-state index contributed by atoms with van der Waals surface area (Å²) in [6.07, 6.45) is 0. The molecular formula is C18H19ClFN3O4S2. The number of amides is 2.